The molecule has 0 spiro atoms. The van der Waals surface area contributed by atoms with Crippen molar-refractivity contribution < 1.29 is 8.95 Å². The quantitative estimate of drug-likeness (QED) is 0.875. The van der Waals surface area contributed by atoms with Crippen LogP contribution >= 0.6 is 0 Å². The molecule has 1 aromatic heterocycles. The number of aromatic nitrogens is 2. The zero-order valence-corrected chi connectivity index (χ0v) is 13.0. The average Bonchev–Trinajstić information content (AvgIpc) is 2.81. The summed E-state index contributed by atoms with van der Waals surface area (Å²) in [6, 6.07) is 1.86. The van der Waals surface area contributed by atoms with Crippen LogP contribution in [0.1, 0.15) is 16.7 Å². The van der Waals surface area contributed by atoms with Crippen LogP contribution < -0.4 is 10.5 Å². The van der Waals surface area contributed by atoms with Crippen molar-refractivity contribution in [3.05, 3.63) is 35.2 Å². The van der Waals surface area contributed by atoms with E-state index in [4.69, 9.17) is 10.5 Å². The van der Waals surface area contributed by atoms with Crippen molar-refractivity contribution in [1.82, 2.24) is 9.55 Å². The van der Waals surface area contributed by atoms with Gasteiger partial charge >= 0.3 is 0 Å². The van der Waals surface area contributed by atoms with Crippen LogP contribution in [0.4, 0.5) is 5.69 Å². The van der Waals surface area contributed by atoms with Crippen molar-refractivity contribution in [3.63, 3.8) is 0 Å². The molecule has 1 aromatic carbocycles. The van der Waals surface area contributed by atoms with E-state index < -0.39 is 10.8 Å². The molecule has 0 saturated heterocycles. The maximum absolute atomic E-state index is 12.4. The van der Waals surface area contributed by atoms with E-state index in [-0.39, 0.29) is 0 Å². The van der Waals surface area contributed by atoms with E-state index in [0.29, 0.717) is 16.6 Å². The fraction of sp³-hybridized carbons (Fsp3) is 0.357. The normalized spacial score (nSPS) is 12.4. The lowest BCUT2D eigenvalue weighted by Crippen LogP contribution is -2.08. The molecule has 6 heteroatoms. The van der Waals surface area contributed by atoms with Gasteiger partial charge in [-0.15, -0.1) is 0 Å². The van der Waals surface area contributed by atoms with Crippen molar-refractivity contribution in [1.29, 1.82) is 0 Å². The van der Waals surface area contributed by atoms with Crippen LogP contribution in [-0.4, -0.2) is 20.9 Å². The number of nitrogens with zero attached hydrogens (tertiary/aromatic N) is 2. The van der Waals surface area contributed by atoms with E-state index in [9.17, 15) is 4.21 Å². The standard InChI is InChI=1S/C14H19N3O2S/c1-9-7-12(15)11(10(2)13(9)19-4)8-20(18)14-16-5-6-17(14)3/h5-7H,8,15H2,1-4H3. The molecule has 0 aliphatic carbocycles. The van der Waals surface area contributed by atoms with Crippen LogP contribution in [0, 0.1) is 13.8 Å². The number of benzene rings is 1. The van der Waals surface area contributed by atoms with Gasteiger partial charge in [0, 0.05) is 25.1 Å². The first kappa shape index (κ1) is 14.6. The van der Waals surface area contributed by atoms with Gasteiger partial charge in [-0.3, -0.25) is 4.21 Å². The van der Waals surface area contributed by atoms with Gasteiger partial charge in [-0.2, -0.15) is 0 Å². The van der Waals surface area contributed by atoms with E-state index in [1.165, 1.54) is 0 Å². The maximum Gasteiger partial charge on any atom is 0.199 e. The van der Waals surface area contributed by atoms with Gasteiger partial charge in [0.25, 0.3) is 0 Å². The number of nitrogen functional groups attached to an aromatic ring is 1. The molecule has 2 aromatic rings. The molecule has 0 fully saturated rings. The molecule has 0 amide bonds. The van der Waals surface area contributed by atoms with Gasteiger partial charge in [-0.05, 0) is 36.6 Å². The first-order chi connectivity index (χ1) is 9.45. The first-order valence-electron chi connectivity index (χ1n) is 6.24. The van der Waals surface area contributed by atoms with Crippen LogP contribution in [0.2, 0.25) is 0 Å². The molecule has 1 atom stereocenters. The zero-order valence-electron chi connectivity index (χ0n) is 12.1. The number of imidazole rings is 1. The van der Waals surface area contributed by atoms with Crippen molar-refractivity contribution in [2.45, 2.75) is 24.8 Å². The summed E-state index contributed by atoms with van der Waals surface area (Å²) < 4.78 is 19.6. The fourth-order valence-electron chi connectivity index (χ4n) is 2.31. The van der Waals surface area contributed by atoms with E-state index in [2.05, 4.69) is 4.98 Å². The third-order valence-electron chi connectivity index (χ3n) is 3.33. The average molecular weight is 293 g/mol. The minimum Gasteiger partial charge on any atom is -0.496 e. The fourth-order valence-corrected chi connectivity index (χ4v) is 3.64. The molecule has 5 nitrogen and oxygen atoms in total. The third-order valence-corrected chi connectivity index (χ3v) is 4.68. The largest absolute Gasteiger partial charge is 0.496 e. The lowest BCUT2D eigenvalue weighted by Gasteiger charge is -2.15. The highest BCUT2D eigenvalue weighted by atomic mass is 32.2. The number of nitrogens with two attached hydrogens (primary N) is 1. The Hall–Kier alpha value is -1.82. The van der Waals surface area contributed by atoms with Crippen molar-refractivity contribution >= 4 is 16.5 Å². The number of aryl methyl sites for hydroxylation is 2. The Bertz CT molecular complexity index is 665. The number of rotatable bonds is 4. The number of hydrogen-bond acceptors (Lipinski definition) is 4. The molecular weight excluding hydrogens is 274 g/mol. The van der Waals surface area contributed by atoms with Crippen LogP contribution in [-0.2, 0) is 23.6 Å². The lowest BCUT2D eigenvalue weighted by atomic mass is 10.0. The second-order valence-corrected chi connectivity index (χ2v) is 6.07. The molecule has 1 unspecified atom stereocenters. The summed E-state index contributed by atoms with van der Waals surface area (Å²) in [5, 5.41) is 0.545. The number of ether oxygens (including phenoxy) is 1. The van der Waals surface area contributed by atoms with Gasteiger partial charge in [-0.25, -0.2) is 4.98 Å². The number of methoxy groups -OCH3 is 1. The predicted octanol–water partition coefficient (Wildman–Crippen LogP) is 1.94. The second-order valence-electron chi connectivity index (χ2n) is 4.73. The Kier molecular flexibility index (Phi) is 4.13. The Morgan fingerprint density at radius 2 is 2.15 bits per heavy atom. The van der Waals surface area contributed by atoms with Gasteiger partial charge in [0.2, 0.25) is 0 Å². The summed E-state index contributed by atoms with van der Waals surface area (Å²) in [4.78, 5) is 4.12. The molecule has 0 aliphatic heterocycles. The minimum absolute atomic E-state index is 0.332. The molecule has 20 heavy (non-hydrogen) atoms. The molecule has 108 valence electrons. The zero-order chi connectivity index (χ0) is 14.9. The summed E-state index contributed by atoms with van der Waals surface area (Å²) in [5.41, 5.74) is 9.48. The van der Waals surface area contributed by atoms with Crippen LogP contribution in [0.25, 0.3) is 0 Å². The van der Waals surface area contributed by atoms with Crippen molar-refractivity contribution in [3.8, 4) is 5.75 Å². The Labute approximate surface area is 121 Å². The predicted molar refractivity (Wildman–Crippen MR) is 80.2 cm³/mol. The van der Waals surface area contributed by atoms with Crippen molar-refractivity contribution in [2.24, 2.45) is 7.05 Å². The van der Waals surface area contributed by atoms with Gasteiger partial charge in [0.1, 0.15) is 5.75 Å². The summed E-state index contributed by atoms with van der Waals surface area (Å²) >= 11 is 0. The third kappa shape index (κ3) is 2.56. The van der Waals surface area contributed by atoms with Crippen LogP contribution in [0.3, 0.4) is 0 Å². The summed E-state index contributed by atoms with van der Waals surface area (Å²) in [7, 11) is 2.22. The van der Waals surface area contributed by atoms with E-state index in [0.717, 1.165) is 22.4 Å². The van der Waals surface area contributed by atoms with Gasteiger partial charge < -0.3 is 15.0 Å². The summed E-state index contributed by atoms with van der Waals surface area (Å²) in [5.74, 6) is 1.13. The highest BCUT2D eigenvalue weighted by molar-refractivity contribution is 7.84. The molecule has 2 N–H and O–H groups in total. The van der Waals surface area contributed by atoms with Gasteiger partial charge in [0.15, 0.2) is 5.16 Å². The molecule has 0 saturated carbocycles. The minimum atomic E-state index is -1.24. The Balaban J connectivity index is 2.39. The number of anilines is 1. The highest BCUT2D eigenvalue weighted by Gasteiger charge is 2.17. The summed E-state index contributed by atoms with van der Waals surface area (Å²) in [6.07, 6.45) is 3.42. The Morgan fingerprint density at radius 1 is 1.45 bits per heavy atom. The van der Waals surface area contributed by atoms with E-state index in [1.807, 2.05) is 27.0 Å². The lowest BCUT2D eigenvalue weighted by molar-refractivity contribution is 0.408. The molecule has 0 bridgehead atoms. The second kappa shape index (κ2) is 5.66. The molecule has 2 rings (SSSR count). The van der Waals surface area contributed by atoms with Crippen LogP contribution in [0.5, 0.6) is 5.75 Å². The smallest absolute Gasteiger partial charge is 0.199 e. The molecule has 0 aliphatic rings. The van der Waals surface area contributed by atoms with Crippen molar-refractivity contribution in [2.75, 3.05) is 12.8 Å². The first-order valence-corrected chi connectivity index (χ1v) is 7.55. The maximum atomic E-state index is 12.4. The molecule has 1 heterocycles. The van der Waals surface area contributed by atoms with Gasteiger partial charge in [-0.1, -0.05) is 0 Å². The van der Waals surface area contributed by atoms with Crippen LogP contribution in [0.15, 0.2) is 23.6 Å². The van der Waals surface area contributed by atoms with E-state index >= 15 is 0 Å². The van der Waals surface area contributed by atoms with E-state index in [1.54, 1.807) is 24.1 Å². The monoisotopic (exact) mass is 293 g/mol. The number of hydrogen-bond donors (Lipinski definition) is 1. The topological polar surface area (TPSA) is 70.1 Å². The van der Waals surface area contributed by atoms with Gasteiger partial charge in [0.05, 0.1) is 23.7 Å². The SMILES string of the molecule is COc1c(C)cc(N)c(CS(=O)c2nccn2C)c1C. The highest BCUT2D eigenvalue weighted by Crippen LogP contribution is 2.31. The Morgan fingerprint density at radius 3 is 2.70 bits per heavy atom. The molecule has 0 radical (unpaired) electrons. The molecular formula is C14H19N3O2S. The summed E-state index contributed by atoms with van der Waals surface area (Å²) in [6.45, 7) is 3.88.